The highest BCUT2D eigenvalue weighted by atomic mass is 35.5. The van der Waals surface area contributed by atoms with Crippen LogP contribution in [-0.4, -0.2) is 10.1 Å². The Morgan fingerprint density at radius 2 is 2.31 bits per heavy atom. The molecule has 2 nitrogen and oxygen atoms in total. The Labute approximate surface area is 99.2 Å². The highest BCUT2D eigenvalue weighted by molar-refractivity contribution is 6.18. The molecule has 0 unspecified atom stereocenters. The van der Waals surface area contributed by atoms with E-state index in [2.05, 4.69) is 4.98 Å². The molecule has 1 aromatic heterocycles. The topological polar surface area (TPSA) is 33.1 Å². The predicted molar refractivity (Wildman–Crippen MR) is 67.7 cm³/mol. The summed E-state index contributed by atoms with van der Waals surface area (Å²) < 4.78 is 0. The molecule has 3 heteroatoms. The van der Waals surface area contributed by atoms with Crippen molar-refractivity contribution in [2.75, 3.05) is 0 Å². The molecular formula is C13H12ClNO. The third-order valence-electron chi connectivity index (χ3n) is 2.47. The minimum atomic E-state index is 0.211. The van der Waals surface area contributed by atoms with Crippen LogP contribution >= 0.6 is 11.6 Å². The van der Waals surface area contributed by atoms with Gasteiger partial charge in [-0.1, -0.05) is 18.2 Å². The van der Waals surface area contributed by atoms with Gasteiger partial charge in [-0.25, -0.2) is 0 Å². The van der Waals surface area contributed by atoms with Gasteiger partial charge < -0.3 is 5.11 Å². The maximum Gasteiger partial charge on any atom is 0.149 e. The van der Waals surface area contributed by atoms with Crippen molar-refractivity contribution in [2.24, 2.45) is 0 Å². The summed E-state index contributed by atoms with van der Waals surface area (Å²) in [7, 11) is 0. The number of aromatic hydroxyl groups is 1. The summed E-state index contributed by atoms with van der Waals surface area (Å²) in [6.07, 6.45) is 5.39. The minimum Gasteiger partial charge on any atom is -0.505 e. The van der Waals surface area contributed by atoms with Gasteiger partial charge in [0.2, 0.25) is 0 Å². The van der Waals surface area contributed by atoms with Crippen LogP contribution in [0.3, 0.4) is 0 Å². The zero-order valence-corrected chi connectivity index (χ0v) is 9.70. The number of aromatic nitrogens is 1. The number of hydrogen-bond donors (Lipinski definition) is 1. The minimum absolute atomic E-state index is 0.211. The quantitative estimate of drug-likeness (QED) is 0.803. The highest BCUT2D eigenvalue weighted by Crippen LogP contribution is 2.31. The van der Waals surface area contributed by atoms with E-state index < -0.39 is 0 Å². The number of allylic oxidation sites excluding steroid dienone is 1. The second-order valence-electron chi connectivity index (χ2n) is 3.51. The van der Waals surface area contributed by atoms with E-state index in [1.165, 1.54) is 0 Å². The zero-order chi connectivity index (χ0) is 11.5. The van der Waals surface area contributed by atoms with Gasteiger partial charge in [-0.05, 0) is 24.6 Å². The number of hydrogen-bond acceptors (Lipinski definition) is 2. The van der Waals surface area contributed by atoms with Crippen LogP contribution in [0, 0.1) is 0 Å². The van der Waals surface area contributed by atoms with Gasteiger partial charge in [0.15, 0.2) is 0 Å². The average molecular weight is 234 g/mol. The number of pyridine rings is 1. The summed E-state index contributed by atoms with van der Waals surface area (Å²) in [5, 5.41) is 10.9. The molecule has 1 N–H and O–H groups in total. The normalized spacial score (nSPS) is 11.4. The Balaban J connectivity index is 2.82. The molecule has 0 aliphatic carbocycles. The Hall–Kier alpha value is -1.54. The predicted octanol–water partition coefficient (Wildman–Crippen LogP) is 3.71. The van der Waals surface area contributed by atoms with Crippen molar-refractivity contribution >= 4 is 28.6 Å². The molecule has 0 spiro atoms. The number of halogens is 1. The maximum absolute atomic E-state index is 10.0. The van der Waals surface area contributed by atoms with E-state index in [0.29, 0.717) is 11.4 Å². The van der Waals surface area contributed by atoms with Gasteiger partial charge in [-0.2, -0.15) is 0 Å². The third kappa shape index (κ3) is 1.76. The molecule has 0 saturated heterocycles. The first kappa shape index (κ1) is 11.0. The van der Waals surface area contributed by atoms with Crippen LogP contribution in [0.15, 0.2) is 30.5 Å². The molecular weight excluding hydrogens is 222 g/mol. The molecule has 0 amide bonds. The van der Waals surface area contributed by atoms with Crippen molar-refractivity contribution < 1.29 is 5.11 Å². The standard InChI is InChI=1S/C13H12ClNO/c1-2-4-9-7-10(8-14)11-5-3-6-15-12(11)13(9)16/h2-7,16H,8H2,1H3. The van der Waals surface area contributed by atoms with Crippen molar-refractivity contribution in [1.29, 1.82) is 0 Å². The van der Waals surface area contributed by atoms with Crippen LogP contribution in [0.2, 0.25) is 0 Å². The number of phenols is 1. The summed E-state index contributed by atoms with van der Waals surface area (Å²) in [5.41, 5.74) is 2.34. The van der Waals surface area contributed by atoms with Gasteiger partial charge >= 0.3 is 0 Å². The van der Waals surface area contributed by atoms with E-state index in [0.717, 1.165) is 16.5 Å². The maximum atomic E-state index is 10.0. The lowest BCUT2D eigenvalue weighted by Gasteiger charge is -2.08. The van der Waals surface area contributed by atoms with Gasteiger partial charge in [0.1, 0.15) is 11.3 Å². The molecule has 1 heterocycles. The number of rotatable bonds is 2. The zero-order valence-electron chi connectivity index (χ0n) is 8.94. The number of nitrogens with zero attached hydrogens (tertiary/aromatic N) is 1. The molecule has 0 radical (unpaired) electrons. The fourth-order valence-corrected chi connectivity index (χ4v) is 1.96. The number of fused-ring (bicyclic) bond motifs is 1. The van der Waals surface area contributed by atoms with Crippen LogP contribution in [0.4, 0.5) is 0 Å². The highest BCUT2D eigenvalue weighted by Gasteiger charge is 2.09. The first-order valence-electron chi connectivity index (χ1n) is 5.06. The molecule has 0 bridgehead atoms. The fraction of sp³-hybridized carbons (Fsp3) is 0.154. The Morgan fingerprint density at radius 1 is 1.50 bits per heavy atom. The van der Waals surface area contributed by atoms with E-state index in [4.69, 9.17) is 11.6 Å². The SMILES string of the molecule is CC=Cc1cc(CCl)c2cccnc2c1O. The van der Waals surface area contributed by atoms with Gasteiger partial charge in [0, 0.05) is 23.0 Å². The first-order chi connectivity index (χ1) is 7.77. The van der Waals surface area contributed by atoms with Crippen molar-refractivity contribution in [3.8, 4) is 5.75 Å². The van der Waals surface area contributed by atoms with Crippen molar-refractivity contribution in [1.82, 2.24) is 4.98 Å². The number of alkyl halides is 1. The van der Waals surface area contributed by atoms with Gasteiger partial charge in [-0.15, -0.1) is 11.6 Å². The second kappa shape index (κ2) is 4.54. The second-order valence-corrected chi connectivity index (χ2v) is 3.77. The van der Waals surface area contributed by atoms with E-state index >= 15 is 0 Å². The fourth-order valence-electron chi connectivity index (χ4n) is 1.74. The van der Waals surface area contributed by atoms with Crippen LogP contribution in [0.25, 0.3) is 17.0 Å². The molecule has 16 heavy (non-hydrogen) atoms. The Morgan fingerprint density at radius 3 is 3.00 bits per heavy atom. The molecule has 0 atom stereocenters. The summed E-state index contributed by atoms with van der Waals surface area (Å²) in [6.45, 7) is 1.91. The summed E-state index contributed by atoms with van der Waals surface area (Å²) in [6, 6.07) is 5.65. The molecule has 2 aromatic rings. The van der Waals surface area contributed by atoms with E-state index in [1.54, 1.807) is 6.20 Å². The van der Waals surface area contributed by atoms with E-state index in [-0.39, 0.29) is 5.75 Å². The Kier molecular flexibility index (Phi) is 3.11. The van der Waals surface area contributed by atoms with Crippen molar-refractivity contribution in [3.05, 3.63) is 41.6 Å². The first-order valence-corrected chi connectivity index (χ1v) is 5.59. The number of phenolic OH excluding ortho intramolecular Hbond substituents is 1. The van der Waals surface area contributed by atoms with Gasteiger partial charge in [0.05, 0.1) is 0 Å². The van der Waals surface area contributed by atoms with Crippen molar-refractivity contribution in [2.45, 2.75) is 12.8 Å². The molecule has 1 aromatic carbocycles. The van der Waals surface area contributed by atoms with Crippen molar-refractivity contribution in [3.63, 3.8) is 0 Å². The molecule has 0 fully saturated rings. The lowest BCUT2D eigenvalue weighted by molar-refractivity contribution is 0.479. The lowest BCUT2D eigenvalue weighted by atomic mass is 10.0. The summed E-state index contributed by atoms with van der Waals surface area (Å²) in [4.78, 5) is 4.19. The molecule has 0 aliphatic heterocycles. The summed E-state index contributed by atoms with van der Waals surface area (Å²) in [5.74, 6) is 0.620. The lowest BCUT2D eigenvalue weighted by Crippen LogP contribution is -1.88. The van der Waals surface area contributed by atoms with Gasteiger partial charge in [0.25, 0.3) is 0 Å². The molecule has 0 saturated carbocycles. The molecule has 2 rings (SSSR count). The van der Waals surface area contributed by atoms with Gasteiger partial charge in [-0.3, -0.25) is 4.98 Å². The van der Waals surface area contributed by atoms with Crippen LogP contribution in [-0.2, 0) is 5.88 Å². The molecule has 82 valence electrons. The van der Waals surface area contributed by atoms with Crippen LogP contribution in [0.1, 0.15) is 18.1 Å². The average Bonchev–Trinajstić information content (AvgIpc) is 2.33. The van der Waals surface area contributed by atoms with Crippen LogP contribution < -0.4 is 0 Å². The third-order valence-corrected chi connectivity index (χ3v) is 2.76. The van der Waals surface area contributed by atoms with E-state index in [1.807, 2.05) is 37.3 Å². The Bertz CT molecular complexity index is 549. The largest absolute Gasteiger partial charge is 0.505 e. The molecule has 0 aliphatic rings. The monoisotopic (exact) mass is 233 g/mol. The van der Waals surface area contributed by atoms with Crippen LogP contribution in [0.5, 0.6) is 5.75 Å². The van der Waals surface area contributed by atoms with E-state index in [9.17, 15) is 5.11 Å². The number of benzene rings is 1. The summed E-state index contributed by atoms with van der Waals surface area (Å²) >= 11 is 5.90. The smallest absolute Gasteiger partial charge is 0.149 e.